The smallest absolute Gasteiger partial charge is 0.130 e. The summed E-state index contributed by atoms with van der Waals surface area (Å²) in [6.45, 7) is 8.22. The quantitative estimate of drug-likeness (QED) is 0.320. The van der Waals surface area contributed by atoms with Crippen LogP contribution in [0.4, 0.5) is 22.7 Å². The highest BCUT2D eigenvalue weighted by molar-refractivity contribution is 6.30. The fraction of sp³-hybridized carbons (Fsp3) is 0.200. The Morgan fingerprint density at radius 3 is 1.62 bits per heavy atom. The van der Waals surface area contributed by atoms with Crippen molar-refractivity contribution in [1.82, 2.24) is 0 Å². The highest BCUT2D eigenvalue weighted by Crippen LogP contribution is 2.42. The van der Waals surface area contributed by atoms with E-state index >= 15 is 0 Å². The van der Waals surface area contributed by atoms with E-state index in [1.807, 2.05) is 6.07 Å². The molecule has 0 bridgehead atoms. The van der Waals surface area contributed by atoms with Crippen molar-refractivity contribution in [2.75, 3.05) is 28.2 Å². The minimum Gasteiger partial charge on any atom is -0.355 e. The maximum Gasteiger partial charge on any atom is 0.130 e. The van der Waals surface area contributed by atoms with Gasteiger partial charge >= 0.3 is 0 Å². The number of aryl methyl sites for hydroxylation is 3. The molecule has 0 amide bonds. The predicted octanol–water partition coefficient (Wildman–Crippen LogP) is 8.03. The van der Waals surface area contributed by atoms with Gasteiger partial charge in [-0.05, 0) is 75.4 Å². The number of benzene rings is 4. The molecule has 5 rings (SSSR count). The Hall–Kier alpha value is -3.43. The van der Waals surface area contributed by atoms with Gasteiger partial charge in [0.1, 0.15) is 6.17 Å². The molecule has 0 radical (unpaired) electrons. The van der Waals surface area contributed by atoms with Crippen molar-refractivity contribution in [3.8, 4) is 0 Å². The molecule has 1 heterocycles. The van der Waals surface area contributed by atoms with Crippen LogP contribution in [0.1, 0.15) is 28.4 Å². The van der Waals surface area contributed by atoms with Crippen LogP contribution in [0.3, 0.4) is 0 Å². The van der Waals surface area contributed by atoms with Crippen molar-refractivity contribution in [3.63, 3.8) is 0 Å². The zero-order chi connectivity index (χ0) is 23.7. The van der Waals surface area contributed by atoms with Crippen LogP contribution >= 0.6 is 11.6 Å². The zero-order valence-electron chi connectivity index (χ0n) is 19.9. The second-order valence-corrected chi connectivity index (χ2v) is 9.59. The first-order valence-electron chi connectivity index (χ1n) is 11.8. The normalized spacial score (nSPS) is 14.0. The fourth-order valence-electron chi connectivity index (χ4n) is 4.63. The van der Waals surface area contributed by atoms with Crippen LogP contribution in [0.2, 0.25) is 5.02 Å². The molecule has 1 aliphatic heterocycles. The van der Waals surface area contributed by atoms with Gasteiger partial charge in [-0.2, -0.15) is 0 Å². The summed E-state index contributed by atoms with van der Waals surface area (Å²) < 4.78 is 0. The molecule has 1 N–H and O–H groups in total. The van der Waals surface area contributed by atoms with Crippen LogP contribution in [0.25, 0.3) is 0 Å². The number of nitrogens with one attached hydrogen (secondary N) is 1. The lowest BCUT2D eigenvalue weighted by atomic mass is 10.1. The summed E-state index contributed by atoms with van der Waals surface area (Å²) in [5.74, 6) is 0. The SMILES string of the molecule is Cc1ccc(Nc2ccc(Cl)cc2C2N(c3ccc(C)cc3)CCN2c2ccc(C)cc2)cc1. The molecule has 4 heteroatoms. The average Bonchev–Trinajstić information content (AvgIpc) is 3.27. The van der Waals surface area contributed by atoms with Crippen LogP contribution in [0, 0.1) is 20.8 Å². The fourth-order valence-corrected chi connectivity index (χ4v) is 4.81. The predicted molar refractivity (Wildman–Crippen MR) is 146 cm³/mol. The minimum atomic E-state index is 0.0112. The van der Waals surface area contributed by atoms with Gasteiger partial charge in [-0.1, -0.05) is 64.7 Å². The van der Waals surface area contributed by atoms with E-state index in [1.54, 1.807) is 0 Å². The van der Waals surface area contributed by atoms with E-state index in [0.29, 0.717) is 0 Å². The third-order valence-electron chi connectivity index (χ3n) is 6.53. The highest BCUT2D eigenvalue weighted by atomic mass is 35.5. The molecule has 1 saturated heterocycles. The Labute approximate surface area is 207 Å². The molecular weight excluding hydrogens is 438 g/mol. The third kappa shape index (κ3) is 4.62. The molecule has 0 saturated carbocycles. The van der Waals surface area contributed by atoms with Crippen molar-refractivity contribution in [2.45, 2.75) is 26.9 Å². The van der Waals surface area contributed by atoms with Gasteiger partial charge in [-0.3, -0.25) is 0 Å². The zero-order valence-corrected chi connectivity index (χ0v) is 20.7. The summed E-state index contributed by atoms with van der Waals surface area (Å²) in [5, 5.41) is 4.39. The Morgan fingerprint density at radius 2 is 1.12 bits per heavy atom. The molecule has 1 aliphatic rings. The van der Waals surface area contributed by atoms with Crippen molar-refractivity contribution in [1.29, 1.82) is 0 Å². The van der Waals surface area contributed by atoms with Gasteiger partial charge in [0.15, 0.2) is 0 Å². The van der Waals surface area contributed by atoms with Gasteiger partial charge in [0, 0.05) is 46.4 Å². The van der Waals surface area contributed by atoms with E-state index in [4.69, 9.17) is 11.6 Å². The second kappa shape index (κ2) is 9.44. The number of hydrogen-bond acceptors (Lipinski definition) is 3. The summed E-state index contributed by atoms with van der Waals surface area (Å²) >= 11 is 6.58. The molecule has 4 aromatic carbocycles. The lowest BCUT2D eigenvalue weighted by Gasteiger charge is -2.35. The monoisotopic (exact) mass is 467 g/mol. The average molecular weight is 468 g/mol. The summed E-state index contributed by atoms with van der Waals surface area (Å²) in [4.78, 5) is 4.95. The highest BCUT2D eigenvalue weighted by Gasteiger charge is 2.35. The molecular formula is C30H30ClN3. The maximum atomic E-state index is 6.58. The van der Waals surface area contributed by atoms with Gasteiger partial charge < -0.3 is 15.1 Å². The Bertz CT molecular complexity index is 1210. The van der Waals surface area contributed by atoms with Gasteiger partial charge in [0.05, 0.1) is 0 Å². The summed E-state index contributed by atoms with van der Waals surface area (Å²) in [6, 6.07) is 32.3. The first-order chi connectivity index (χ1) is 16.5. The van der Waals surface area contributed by atoms with Crippen LogP contribution in [0.15, 0.2) is 91.0 Å². The van der Waals surface area contributed by atoms with Crippen molar-refractivity contribution in [2.24, 2.45) is 0 Å². The third-order valence-corrected chi connectivity index (χ3v) is 6.76. The van der Waals surface area contributed by atoms with E-state index in [0.717, 1.165) is 35.1 Å². The lowest BCUT2D eigenvalue weighted by Crippen LogP contribution is -2.31. The van der Waals surface area contributed by atoms with E-state index < -0.39 is 0 Å². The van der Waals surface area contributed by atoms with Gasteiger partial charge in [-0.15, -0.1) is 0 Å². The van der Waals surface area contributed by atoms with Gasteiger partial charge in [0.25, 0.3) is 0 Å². The number of anilines is 4. The molecule has 172 valence electrons. The largest absolute Gasteiger partial charge is 0.355 e. The maximum absolute atomic E-state index is 6.58. The van der Waals surface area contributed by atoms with E-state index in [1.165, 1.54) is 28.1 Å². The van der Waals surface area contributed by atoms with Gasteiger partial charge in [0.2, 0.25) is 0 Å². The molecule has 0 atom stereocenters. The molecule has 34 heavy (non-hydrogen) atoms. The van der Waals surface area contributed by atoms with Crippen molar-refractivity contribution in [3.05, 3.63) is 118 Å². The number of nitrogens with zero attached hydrogens (tertiary/aromatic N) is 2. The van der Waals surface area contributed by atoms with Crippen LogP contribution in [-0.4, -0.2) is 13.1 Å². The first kappa shape index (κ1) is 22.4. The molecule has 0 aromatic heterocycles. The topological polar surface area (TPSA) is 18.5 Å². The van der Waals surface area contributed by atoms with E-state index in [2.05, 4.69) is 121 Å². The van der Waals surface area contributed by atoms with Crippen LogP contribution in [-0.2, 0) is 0 Å². The minimum absolute atomic E-state index is 0.0112. The Morgan fingerprint density at radius 1 is 0.647 bits per heavy atom. The van der Waals surface area contributed by atoms with Gasteiger partial charge in [-0.25, -0.2) is 0 Å². The van der Waals surface area contributed by atoms with Crippen LogP contribution in [0.5, 0.6) is 0 Å². The molecule has 4 aromatic rings. The van der Waals surface area contributed by atoms with Crippen molar-refractivity contribution >= 4 is 34.4 Å². The number of rotatable bonds is 5. The first-order valence-corrected chi connectivity index (χ1v) is 12.2. The van der Waals surface area contributed by atoms with Crippen molar-refractivity contribution < 1.29 is 0 Å². The summed E-state index contributed by atoms with van der Waals surface area (Å²) in [7, 11) is 0. The Kier molecular flexibility index (Phi) is 6.21. The van der Waals surface area contributed by atoms with E-state index in [-0.39, 0.29) is 6.17 Å². The standard InChI is InChI=1S/C30H30ClN3/c1-21-4-11-25(12-5-21)32-29-17-10-24(31)20-28(29)30-33(26-13-6-22(2)7-14-26)18-19-34(30)27-15-8-23(3)9-16-27/h4-17,20,30,32H,18-19H2,1-3H3. The molecule has 0 aliphatic carbocycles. The van der Waals surface area contributed by atoms with E-state index in [9.17, 15) is 0 Å². The molecule has 3 nitrogen and oxygen atoms in total. The molecule has 0 spiro atoms. The number of hydrogen-bond donors (Lipinski definition) is 1. The summed E-state index contributed by atoms with van der Waals surface area (Å²) in [6.07, 6.45) is 0.0112. The molecule has 0 unspecified atom stereocenters. The number of halogens is 1. The lowest BCUT2D eigenvalue weighted by molar-refractivity contribution is 0.719. The second-order valence-electron chi connectivity index (χ2n) is 9.15. The summed E-state index contributed by atoms with van der Waals surface area (Å²) in [5.41, 5.74) is 9.49. The van der Waals surface area contributed by atoms with Crippen LogP contribution < -0.4 is 15.1 Å². The Balaban J connectivity index is 1.61. The molecule has 1 fully saturated rings.